The van der Waals surface area contributed by atoms with Crippen LogP contribution in [0, 0.1) is 6.92 Å². The van der Waals surface area contributed by atoms with Crippen molar-refractivity contribution < 1.29 is 17.9 Å². The number of aryl methyl sites for hydroxylation is 1. The molecule has 2 rings (SSSR count). The molecule has 0 aliphatic heterocycles. The van der Waals surface area contributed by atoms with Crippen LogP contribution in [0.4, 0.5) is 5.69 Å². The largest absolute Gasteiger partial charge is 0.495 e. The number of nitrogens with zero attached hydrogens (tertiary/aromatic N) is 1. The van der Waals surface area contributed by atoms with Gasteiger partial charge in [-0.3, -0.25) is 9.10 Å². The van der Waals surface area contributed by atoms with E-state index in [4.69, 9.17) is 16.3 Å². The number of ether oxygens (including phenoxy) is 1. The average Bonchev–Trinajstić information content (AvgIpc) is 2.57. The van der Waals surface area contributed by atoms with Crippen LogP contribution in [0.5, 0.6) is 5.75 Å². The van der Waals surface area contributed by atoms with Crippen LogP contribution < -0.4 is 14.4 Å². The second-order valence-electron chi connectivity index (χ2n) is 5.78. The molecule has 0 aliphatic rings. The van der Waals surface area contributed by atoms with Gasteiger partial charge in [-0.05, 0) is 37.3 Å². The highest BCUT2D eigenvalue weighted by atomic mass is 35.5. The molecule has 0 unspecified atom stereocenters. The molecule has 140 valence electrons. The van der Waals surface area contributed by atoms with E-state index in [2.05, 4.69) is 5.32 Å². The highest BCUT2D eigenvalue weighted by molar-refractivity contribution is 7.92. The Morgan fingerprint density at radius 1 is 1.23 bits per heavy atom. The van der Waals surface area contributed by atoms with Gasteiger partial charge >= 0.3 is 0 Å². The standard InChI is InChI=1S/C18H21ClN2O4S/c1-13-5-4-6-14(11-13)18(22)20-9-10-21(26(3,23)24)16-12-15(19)7-8-17(16)25-2/h4-8,11-12H,9-10H2,1-3H3,(H,20,22). The summed E-state index contributed by atoms with van der Waals surface area (Å²) in [5.74, 6) is 0.116. The SMILES string of the molecule is COc1ccc(Cl)cc1N(CCNC(=O)c1cccc(C)c1)S(C)(=O)=O. The summed E-state index contributed by atoms with van der Waals surface area (Å²) in [6.07, 6.45) is 1.09. The fourth-order valence-electron chi connectivity index (χ4n) is 2.48. The molecular formula is C18H21ClN2O4S. The first kappa shape index (κ1) is 20.1. The lowest BCUT2D eigenvalue weighted by Crippen LogP contribution is -2.38. The highest BCUT2D eigenvalue weighted by Gasteiger charge is 2.21. The molecule has 26 heavy (non-hydrogen) atoms. The molecule has 0 aliphatic carbocycles. The Morgan fingerprint density at radius 2 is 1.96 bits per heavy atom. The second-order valence-corrected chi connectivity index (χ2v) is 8.12. The van der Waals surface area contributed by atoms with E-state index >= 15 is 0 Å². The van der Waals surface area contributed by atoms with Gasteiger partial charge < -0.3 is 10.1 Å². The summed E-state index contributed by atoms with van der Waals surface area (Å²) in [5, 5.41) is 3.12. The van der Waals surface area contributed by atoms with Gasteiger partial charge in [-0.15, -0.1) is 0 Å². The molecule has 0 radical (unpaired) electrons. The van der Waals surface area contributed by atoms with Gasteiger partial charge in [-0.2, -0.15) is 0 Å². The van der Waals surface area contributed by atoms with Gasteiger partial charge in [0, 0.05) is 17.1 Å². The van der Waals surface area contributed by atoms with Gasteiger partial charge in [0.2, 0.25) is 10.0 Å². The maximum absolute atomic E-state index is 12.2. The molecule has 8 heteroatoms. The van der Waals surface area contributed by atoms with Crippen molar-refractivity contribution in [3.05, 3.63) is 58.6 Å². The van der Waals surface area contributed by atoms with E-state index in [9.17, 15) is 13.2 Å². The van der Waals surface area contributed by atoms with E-state index in [1.165, 1.54) is 13.2 Å². The number of rotatable bonds is 7. The Kier molecular flexibility index (Phi) is 6.50. The molecule has 0 spiro atoms. The van der Waals surface area contributed by atoms with Crippen LogP contribution in [0.1, 0.15) is 15.9 Å². The maximum Gasteiger partial charge on any atom is 0.251 e. The summed E-state index contributed by atoms with van der Waals surface area (Å²) in [6, 6.07) is 11.9. The number of methoxy groups -OCH3 is 1. The molecule has 0 saturated heterocycles. The summed E-state index contributed by atoms with van der Waals surface area (Å²) in [4.78, 5) is 12.2. The zero-order valence-corrected chi connectivity index (χ0v) is 16.4. The topological polar surface area (TPSA) is 75.7 Å². The zero-order chi connectivity index (χ0) is 19.3. The van der Waals surface area contributed by atoms with Crippen LogP contribution in [-0.4, -0.2) is 40.8 Å². The van der Waals surface area contributed by atoms with Crippen molar-refractivity contribution in [2.45, 2.75) is 6.92 Å². The Balaban J connectivity index is 2.15. The van der Waals surface area contributed by atoms with Crippen molar-refractivity contribution in [3.8, 4) is 5.75 Å². The minimum atomic E-state index is -3.59. The monoisotopic (exact) mass is 396 g/mol. The molecule has 6 nitrogen and oxygen atoms in total. The zero-order valence-electron chi connectivity index (χ0n) is 14.8. The fourth-order valence-corrected chi connectivity index (χ4v) is 3.57. The predicted octanol–water partition coefficient (Wildman–Crippen LogP) is 2.85. The van der Waals surface area contributed by atoms with E-state index in [1.54, 1.807) is 30.3 Å². The smallest absolute Gasteiger partial charge is 0.251 e. The Morgan fingerprint density at radius 3 is 2.58 bits per heavy atom. The normalized spacial score (nSPS) is 11.1. The molecule has 2 aromatic rings. The van der Waals surface area contributed by atoms with Crippen LogP contribution in [0.25, 0.3) is 0 Å². The highest BCUT2D eigenvalue weighted by Crippen LogP contribution is 2.32. The number of nitrogens with one attached hydrogen (secondary N) is 1. The summed E-state index contributed by atoms with van der Waals surface area (Å²) in [5.41, 5.74) is 1.82. The van der Waals surface area contributed by atoms with Crippen molar-refractivity contribution in [2.75, 3.05) is 30.8 Å². The number of sulfonamides is 1. The van der Waals surface area contributed by atoms with Gasteiger partial charge in [-0.25, -0.2) is 8.42 Å². The first-order valence-electron chi connectivity index (χ1n) is 7.88. The lowest BCUT2D eigenvalue weighted by atomic mass is 10.1. The second kappa shape index (κ2) is 8.42. The number of hydrogen-bond donors (Lipinski definition) is 1. The van der Waals surface area contributed by atoms with Crippen molar-refractivity contribution >= 4 is 33.2 Å². The fraction of sp³-hybridized carbons (Fsp3) is 0.278. The summed E-state index contributed by atoms with van der Waals surface area (Å²) < 4.78 is 30.8. The van der Waals surface area contributed by atoms with Crippen molar-refractivity contribution in [3.63, 3.8) is 0 Å². The van der Waals surface area contributed by atoms with Gasteiger partial charge in [0.05, 0.1) is 25.6 Å². The number of halogens is 1. The first-order valence-corrected chi connectivity index (χ1v) is 10.1. The number of benzene rings is 2. The molecule has 1 amide bonds. The summed E-state index contributed by atoms with van der Waals surface area (Å²) in [7, 11) is -2.14. The quantitative estimate of drug-likeness (QED) is 0.780. The summed E-state index contributed by atoms with van der Waals surface area (Å²) in [6.45, 7) is 2.08. The third-order valence-corrected chi connectivity index (χ3v) is 5.11. The Bertz CT molecular complexity index is 900. The Labute approximate surface area is 158 Å². The minimum Gasteiger partial charge on any atom is -0.495 e. The number of carbonyl (C=O) groups excluding carboxylic acids is 1. The maximum atomic E-state index is 12.2. The molecule has 0 heterocycles. The van der Waals surface area contributed by atoms with Crippen LogP contribution >= 0.6 is 11.6 Å². The van der Waals surface area contributed by atoms with Crippen LogP contribution in [-0.2, 0) is 10.0 Å². The third-order valence-electron chi connectivity index (χ3n) is 3.69. The molecule has 0 aromatic heterocycles. The van der Waals surface area contributed by atoms with E-state index < -0.39 is 10.0 Å². The van der Waals surface area contributed by atoms with E-state index in [0.717, 1.165) is 16.1 Å². The van der Waals surface area contributed by atoms with E-state index in [-0.39, 0.29) is 19.0 Å². The third kappa shape index (κ3) is 5.12. The Hall–Kier alpha value is -2.25. The van der Waals surface area contributed by atoms with Crippen molar-refractivity contribution in [2.24, 2.45) is 0 Å². The lowest BCUT2D eigenvalue weighted by Gasteiger charge is -2.24. The first-order chi connectivity index (χ1) is 12.2. The van der Waals surface area contributed by atoms with Gasteiger partial charge in [-0.1, -0.05) is 29.3 Å². The van der Waals surface area contributed by atoms with E-state index in [1.807, 2.05) is 13.0 Å². The van der Waals surface area contributed by atoms with Gasteiger partial charge in [0.25, 0.3) is 5.91 Å². The molecule has 0 saturated carbocycles. The van der Waals surface area contributed by atoms with Crippen molar-refractivity contribution in [1.82, 2.24) is 5.32 Å². The van der Waals surface area contributed by atoms with Crippen LogP contribution in [0.3, 0.4) is 0 Å². The molecule has 0 fully saturated rings. The molecule has 0 bridgehead atoms. The molecular weight excluding hydrogens is 376 g/mol. The van der Waals surface area contributed by atoms with Crippen LogP contribution in [0.15, 0.2) is 42.5 Å². The predicted molar refractivity (Wildman–Crippen MR) is 104 cm³/mol. The van der Waals surface area contributed by atoms with Crippen molar-refractivity contribution in [1.29, 1.82) is 0 Å². The molecule has 1 N–H and O–H groups in total. The number of anilines is 1. The molecule has 0 atom stereocenters. The lowest BCUT2D eigenvalue weighted by molar-refractivity contribution is 0.0954. The number of carbonyl (C=O) groups is 1. The van der Waals surface area contributed by atoms with E-state index in [0.29, 0.717) is 22.0 Å². The number of amides is 1. The summed E-state index contributed by atoms with van der Waals surface area (Å²) >= 11 is 6.00. The average molecular weight is 397 g/mol. The van der Waals surface area contributed by atoms with Gasteiger partial charge in [0.1, 0.15) is 5.75 Å². The number of hydrogen-bond acceptors (Lipinski definition) is 4. The molecule has 2 aromatic carbocycles. The minimum absolute atomic E-state index is 0.0487. The van der Waals surface area contributed by atoms with Crippen LogP contribution in [0.2, 0.25) is 5.02 Å². The van der Waals surface area contributed by atoms with Gasteiger partial charge in [0.15, 0.2) is 0 Å².